The van der Waals surface area contributed by atoms with E-state index in [1.807, 2.05) is 12.1 Å². The molecule has 0 radical (unpaired) electrons. The van der Waals surface area contributed by atoms with Crippen LogP contribution in [0.15, 0.2) is 42.5 Å². The number of methoxy groups -OCH3 is 1. The van der Waals surface area contributed by atoms with Gasteiger partial charge in [-0.05, 0) is 67.4 Å². The average molecular weight is 369 g/mol. The van der Waals surface area contributed by atoms with E-state index in [4.69, 9.17) is 15.2 Å². The first-order chi connectivity index (χ1) is 13.2. The van der Waals surface area contributed by atoms with Crippen LogP contribution in [-0.4, -0.2) is 38.8 Å². The zero-order chi connectivity index (χ0) is 19.1. The monoisotopic (exact) mass is 368 g/mol. The Hall–Kier alpha value is -2.04. The molecule has 0 fully saturated rings. The van der Waals surface area contributed by atoms with Crippen LogP contribution in [0, 0.1) is 0 Å². The van der Waals surface area contributed by atoms with Crippen molar-refractivity contribution < 1.29 is 9.47 Å². The minimum Gasteiger partial charge on any atom is -0.497 e. The molecule has 1 atom stereocenters. The average Bonchev–Trinajstić information content (AvgIpc) is 2.70. The van der Waals surface area contributed by atoms with Gasteiger partial charge in [0, 0.05) is 19.0 Å². The molecule has 0 saturated heterocycles. The summed E-state index contributed by atoms with van der Waals surface area (Å²) in [6.45, 7) is 3.56. The minimum atomic E-state index is 0.384. The first-order valence-electron chi connectivity index (χ1n) is 9.99. The number of rotatable bonds is 9. The largest absolute Gasteiger partial charge is 0.497 e. The Morgan fingerprint density at radius 2 is 1.74 bits per heavy atom. The van der Waals surface area contributed by atoms with Crippen molar-refractivity contribution in [3.8, 4) is 11.5 Å². The van der Waals surface area contributed by atoms with Crippen LogP contribution < -0.4 is 15.2 Å². The van der Waals surface area contributed by atoms with Crippen LogP contribution >= 0.6 is 0 Å². The molecule has 0 aliphatic carbocycles. The van der Waals surface area contributed by atoms with Gasteiger partial charge in [-0.3, -0.25) is 0 Å². The zero-order valence-corrected chi connectivity index (χ0v) is 16.6. The molecule has 1 aliphatic rings. The summed E-state index contributed by atoms with van der Waals surface area (Å²) >= 11 is 0. The third kappa shape index (κ3) is 5.24. The molecule has 0 spiro atoms. The summed E-state index contributed by atoms with van der Waals surface area (Å²) < 4.78 is 11.3. The third-order valence-electron chi connectivity index (χ3n) is 5.31. The van der Waals surface area contributed by atoms with E-state index in [1.54, 1.807) is 7.11 Å². The smallest absolute Gasteiger partial charge is 0.119 e. The van der Waals surface area contributed by atoms with Crippen LogP contribution in [0.1, 0.15) is 48.3 Å². The predicted molar refractivity (Wildman–Crippen MR) is 111 cm³/mol. The van der Waals surface area contributed by atoms with Crippen molar-refractivity contribution in [2.45, 2.75) is 38.1 Å². The number of nitrogens with two attached hydrogens (primary N) is 1. The second-order valence-corrected chi connectivity index (χ2v) is 7.43. The summed E-state index contributed by atoms with van der Waals surface area (Å²) in [6.07, 6.45) is 4.58. The number of likely N-dealkylation sites (N-methyl/N-ethyl adjacent to an activating group) is 1. The van der Waals surface area contributed by atoms with Crippen molar-refractivity contribution in [1.82, 2.24) is 4.90 Å². The molecule has 3 rings (SSSR count). The second kappa shape index (κ2) is 9.77. The molecule has 2 N–H and O–H groups in total. The highest BCUT2D eigenvalue weighted by atomic mass is 16.5. The summed E-state index contributed by atoms with van der Waals surface area (Å²) in [5.41, 5.74) is 9.64. The highest BCUT2D eigenvalue weighted by molar-refractivity contribution is 5.45. The first kappa shape index (κ1) is 19.7. The lowest BCUT2D eigenvalue weighted by Crippen LogP contribution is -2.31. The molecule has 2 aromatic carbocycles. The number of benzene rings is 2. The van der Waals surface area contributed by atoms with Crippen molar-refractivity contribution in [3.05, 3.63) is 59.2 Å². The number of ether oxygens (including phenoxy) is 2. The fourth-order valence-electron chi connectivity index (χ4n) is 3.83. The van der Waals surface area contributed by atoms with Gasteiger partial charge >= 0.3 is 0 Å². The first-order valence-corrected chi connectivity index (χ1v) is 9.99. The highest BCUT2D eigenvalue weighted by Crippen LogP contribution is 2.35. The summed E-state index contributed by atoms with van der Waals surface area (Å²) in [4.78, 5) is 2.38. The van der Waals surface area contributed by atoms with Gasteiger partial charge in [0.25, 0.3) is 0 Å². The zero-order valence-electron chi connectivity index (χ0n) is 16.6. The summed E-state index contributed by atoms with van der Waals surface area (Å²) in [5.74, 6) is 2.27. The van der Waals surface area contributed by atoms with E-state index >= 15 is 0 Å². The van der Waals surface area contributed by atoms with Gasteiger partial charge in [-0.1, -0.05) is 31.0 Å². The van der Waals surface area contributed by atoms with Crippen LogP contribution in [-0.2, 0) is 6.54 Å². The molecule has 146 valence electrons. The van der Waals surface area contributed by atoms with E-state index in [0.717, 1.165) is 50.6 Å². The molecule has 1 aliphatic heterocycles. The minimum absolute atomic E-state index is 0.384. The lowest BCUT2D eigenvalue weighted by molar-refractivity contribution is 0.287. The number of hydrogen-bond acceptors (Lipinski definition) is 4. The predicted octanol–water partition coefficient (Wildman–Crippen LogP) is 4.17. The maximum atomic E-state index is 5.99. The Morgan fingerprint density at radius 1 is 1.00 bits per heavy atom. The molecule has 1 heterocycles. The summed E-state index contributed by atoms with van der Waals surface area (Å²) in [5, 5.41) is 0. The third-order valence-corrected chi connectivity index (χ3v) is 5.31. The van der Waals surface area contributed by atoms with Crippen LogP contribution in [0.3, 0.4) is 0 Å². The van der Waals surface area contributed by atoms with Gasteiger partial charge in [-0.25, -0.2) is 0 Å². The van der Waals surface area contributed by atoms with Gasteiger partial charge in [0.2, 0.25) is 0 Å². The lowest BCUT2D eigenvalue weighted by atomic mass is 9.84. The fraction of sp³-hybridized carbons (Fsp3) is 0.478. The Kier molecular flexibility index (Phi) is 7.13. The maximum Gasteiger partial charge on any atom is 0.119 e. The Balaban J connectivity index is 1.68. The van der Waals surface area contributed by atoms with Crippen LogP contribution in [0.4, 0.5) is 0 Å². The maximum absolute atomic E-state index is 5.99. The molecule has 0 saturated carbocycles. The molecule has 1 unspecified atom stereocenters. The quantitative estimate of drug-likeness (QED) is 0.675. The molecule has 0 bridgehead atoms. The normalized spacial score (nSPS) is 16.8. The van der Waals surface area contributed by atoms with Gasteiger partial charge in [0.1, 0.15) is 11.5 Å². The number of nitrogens with zero attached hydrogens (tertiary/aromatic N) is 1. The highest BCUT2D eigenvalue weighted by Gasteiger charge is 2.25. The molecule has 0 amide bonds. The van der Waals surface area contributed by atoms with E-state index in [1.165, 1.54) is 29.5 Å². The topological polar surface area (TPSA) is 47.7 Å². The molecule has 4 heteroatoms. The molecule has 0 aromatic heterocycles. The Morgan fingerprint density at radius 3 is 2.48 bits per heavy atom. The van der Waals surface area contributed by atoms with Crippen molar-refractivity contribution in [2.75, 3.05) is 33.9 Å². The molecule has 27 heavy (non-hydrogen) atoms. The number of unbranched alkanes of at least 4 members (excludes halogenated alkanes) is 3. The van der Waals surface area contributed by atoms with Gasteiger partial charge in [-0.2, -0.15) is 0 Å². The van der Waals surface area contributed by atoms with Crippen molar-refractivity contribution in [3.63, 3.8) is 0 Å². The number of hydrogen-bond donors (Lipinski definition) is 1. The van der Waals surface area contributed by atoms with Crippen LogP contribution in [0.5, 0.6) is 11.5 Å². The summed E-state index contributed by atoms with van der Waals surface area (Å²) in [7, 11) is 3.89. The molecular formula is C23H32N2O2. The van der Waals surface area contributed by atoms with Crippen LogP contribution in [0.2, 0.25) is 0 Å². The van der Waals surface area contributed by atoms with E-state index in [9.17, 15) is 0 Å². The second-order valence-electron chi connectivity index (χ2n) is 7.43. The van der Waals surface area contributed by atoms with Gasteiger partial charge in [-0.15, -0.1) is 0 Å². The summed E-state index contributed by atoms with van der Waals surface area (Å²) in [6, 6.07) is 15.1. The van der Waals surface area contributed by atoms with Gasteiger partial charge in [0.05, 0.1) is 13.7 Å². The van der Waals surface area contributed by atoms with Crippen molar-refractivity contribution >= 4 is 0 Å². The standard InChI is InChI=1S/C23H32N2O2/c1-25-16-19-15-21(27-14-6-4-3-5-13-24)11-12-22(19)23(17-25)18-7-9-20(26-2)10-8-18/h7-12,15,23H,3-6,13-14,16-17,24H2,1-2H3. The fourth-order valence-corrected chi connectivity index (χ4v) is 3.83. The Labute approximate surface area is 163 Å². The molecule has 2 aromatic rings. The Bertz CT molecular complexity index is 715. The van der Waals surface area contributed by atoms with E-state index < -0.39 is 0 Å². The van der Waals surface area contributed by atoms with Gasteiger partial charge in [0.15, 0.2) is 0 Å². The van der Waals surface area contributed by atoms with Crippen LogP contribution in [0.25, 0.3) is 0 Å². The lowest BCUT2D eigenvalue weighted by Gasteiger charge is -2.33. The molecule has 4 nitrogen and oxygen atoms in total. The van der Waals surface area contributed by atoms with E-state index in [0.29, 0.717) is 5.92 Å². The molecular weight excluding hydrogens is 336 g/mol. The van der Waals surface area contributed by atoms with Crippen molar-refractivity contribution in [1.29, 1.82) is 0 Å². The SMILES string of the molecule is COc1ccc(C2CN(C)Cc3cc(OCCCCCCN)ccc32)cc1. The van der Waals surface area contributed by atoms with Crippen molar-refractivity contribution in [2.24, 2.45) is 5.73 Å². The number of fused-ring (bicyclic) bond motifs is 1. The van der Waals surface area contributed by atoms with E-state index in [2.05, 4.69) is 42.3 Å². The van der Waals surface area contributed by atoms with E-state index in [-0.39, 0.29) is 0 Å². The van der Waals surface area contributed by atoms with Gasteiger partial charge < -0.3 is 20.1 Å².